The normalized spacial score (nSPS) is 17.7. The van der Waals surface area contributed by atoms with Crippen molar-refractivity contribution in [2.45, 2.75) is 31.1 Å². The van der Waals surface area contributed by atoms with Crippen molar-refractivity contribution in [3.05, 3.63) is 24.3 Å². The number of nitrogens with one attached hydrogen (secondary N) is 2. The topological polar surface area (TPSA) is 41.1 Å². The fourth-order valence-electron chi connectivity index (χ4n) is 2.82. The quantitative estimate of drug-likeness (QED) is 0.818. The first-order chi connectivity index (χ1) is 9.70. The van der Waals surface area contributed by atoms with Crippen LogP contribution in [-0.4, -0.2) is 25.3 Å². The largest absolute Gasteiger partial charge is 0.325 e. The maximum Gasteiger partial charge on any atom is 0.224 e. The number of benzene rings is 1. The van der Waals surface area contributed by atoms with Gasteiger partial charge in [-0.25, -0.2) is 0 Å². The van der Waals surface area contributed by atoms with E-state index >= 15 is 0 Å². The number of anilines is 1. The van der Waals surface area contributed by atoms with Crippen LogP contribution in [-0.2, 0) is 4.79 Å². The number of hydrogen-bond acceptors (Lipinski definition) is 3. The second-order valence-corrected chi connectivity index (χ2v) is 6.37. The van der Waals surface area contributed by atoms with Crippen LogP contribution in [0.4, 0.5) is 5.69 Å². The van der Waals surface area contributed by atoms with E-state index in [9.17, 15) is 4.79 Å². The zero-order chi connectivity index (χ0) is 14.4. The molecular formula is C16H24N2OS. The Balaban J connectivity index is 1.88. The van der Waals surface area contributed by atoms with Crippen LogP contribution in [0.15, 0.2) is 29.2 Å². The summed E-state index contributed by atoms with van der Waals surface area (Å²) in [7, 11) is 0. The molecule has 110 valence electrons. The van der Waals surface area contributed by atoms with Crippen LogP contribution < -0.4 is 10.6 Å². The Labute approximate surface area is 125 Å². The molecule has 1 aliphatic heterocycles. The van der Waals surface area contributed by atoms with Crippen molar-refractivity contribution in [1.29, 1.82) is 0 Å². The molecule has 1 amide bonds. The van der Waals surface area contributed by atoms with Gasteiger partial charge in [0.25, 0.3) is 0 Å². The van der Waals surface area contributed by atoms with Crippen LogP contribution >= 0.6 is 11.8 Å². The zero-order valence-electron chi connectivity index (χ0n) is 12.3. The van der Waals surface area contributed by atoms with Gasteiger partial charge in [-0.05, 0) is 56.2 Å². The summed E-state index contributed by atoms with van der Waals surface area (Å²) in [5.74, 6) is 1.27. The average Bonchev–Trinajstić information content (AvgIpc) is 2.48. The van der Waals surface area contributed by atoms with E-state index in [1.807, 2.05) is 30.5 Å². The first kappa shape index (κ1) is 15.4. The van der Waals surface area contributed by atoms with Crippen LogP contribution in [0.1, 0.15) is 26.2 Å². The maximum atomic E-state index is 12.2. The minimum absolute atomic E-state index is 0.137. The van der Waals surface area contributed by atoms with Gasteiger partial charge in [-0.1, -0.05) is 19.1 Å². The molecule has 3 nitrogen and oxygen atoms in total. The Morgan fingerprint density at radius 1 is 1.40 bits per heavy atom. The van der Waals surface area contributed by atoms with E-state index in [1.165, 1.54) is 12.8 Å². The highest BCUT2D eigenvalue weighted by Crippen LogP contribution is 2.27. The highest BCUT2D eigenvalue weighted by Gasteiger charge is 2.22. The molecule has 2 rings (SSSR count). The summed E-state index contributed by atoms with van der Waals surface area (Å²) in [4.78, 5) is 13.3. The highest BCUT2D eigenvalue weighted by molar-refractivity contribution is 7.98. The van der Waals surface area contributed by atoms with Crippen molar-refractivity contribution >= 4 is 23.4 Å². The Hall–Kier alpha value is -1.00. The predicted octanol–water partition coefficient (Wildman–Crippen LogP) is 3.37. The van der Waals surface area contributed by atoms with E-state index in [0.29, 0.717) is 18.3 Å². The van der Waals surface area contributed by atoms with E-state index in [4.69, 9.17) is 0 Å². The van der Waals surface area contributed by atoms with Crippen LogP contribution in [0.25, 0.3) is 0 Å². The van der Waals surface area contributed by atoms with Gasteiger partial charge < -0.3 is 10.6 Å². The van der Waals surface area contributed by atoms with Gasteiger partial charge in [-0.3, -0.25) is 4.79 Å². The third-order valence-electron chi connectivity index (χ3n) is 4.08. The van der Waals surface area contributed by atoms with Gasteiger partial charge in [0.1, 0.15) is 0 Å². The first-order valence-corrected chi connectivity index (χ1v) is 8.56. The Morgan fingerprint density at radius 2 is 2.10 bits per heavy atom. The van der Waals surface area contributed by atoms with E-state index in [-0.39, 0.29) is 5.91 Å². The third-order valence-corrected chi connectivity index (χ3v) is 4.87. The molecule has 1 saturated heterocycles. The molecule has 0 aliphatic carbocycles. The maximum absolute atomic E-state index is 12.2. The first-order valence-electron chi connectivity index (χ1n) is 7.34. The lowest BCUT2D eigenvalue weighted by atomic mass is 9.84. The standard InChI is InChI=1S/C16H24N2OS/c1-12(13-7-9-17-10-8-13)11-16(19)18-14-5-3-4-6-15(14)20-2/h3-6,12-13,17H,7-11H2,1-2H3,(H,18,19). The van der Waals surface area contributed by atoms with Crippen molar-refractivity contribution in [3.8, 4) is 0 Å². The van der Waals surface area contributed by atoms with Gasteiger partial charge in [-0.2, -0.15) is 0 Å². The summed E-state index contributed by atoms with van der Waals surface area (Å²) < 4.78 is 0. The number of para-hydroxylation sites is 1. The van der Waals surface area contributed by atoms with Gasteiger partial charge in [0.05, 0.1) is 5.69 Å². The third kappa shape index (κ3) is 4.25. The van der Waals surface area contributed by atoms with Crippen molar-refractivity contribution in [1.82, 2.24) is 5.32 Å². The summed E-state index contributed by atoms with van der Waals surface area (Å²) in [5.41, 5.74) is 0.933. The number of amides is 1. The second-order valence-electron chi connectivity index (χ2n) is 5.52. The average molecular weight is 292 g/mol. The van der Waals surface area contributed by atoms with Gasteiger partial charge in [-0.15, -0.1) is 11.8 Å². The van der Waals surface area contributed by atoms with Crippen molar-refractivity contribution in [2.24, 2.45) is 11.8 Å². The lowest BCUT2D eigenvalue weighted by Gasteiger charge is -2.28. The van der Waals surface area contributed by atoms with Crippen LogP contribution in [0.2, 0.25) is 0 Å². The minimum atomic E-state index is 0.137. The summed E-state index contributed by atoms with van der Waals surface area (Å²) >= 11 is 1.66. The zero-order valence-corrected chi connectivity index (χ0v) is 13.1. The number of carbonyl (C=O) groups is 1. The molecule has 1 unspecified atom stereocenters. The van der Waals surface area contributed by atoms with E-state index in [2.05, 4.69) is 17.6 Å². The molecule has 0 bridgehead atoms. The molecule has 20 heavy (non-hydrogen) atoms. The second kappa shape index (κ2) is 7.70. The Kier molecular flexibility index (Phi) is 5.92. The summed E-state index contributed by atoms with van der Waals surface area (Å²) in [6.07, 6.45) is 5.03. The number of hydrogen-bond donors (Lipinski definition) is 2. The molecule has 0 radical (unpaired) electrons. The highest BCUT2D eigenvalue weighted by atomic mass is 32.2. The van der Waals surface area contributed by atoms with Gasteiger partial charge in [0.2, 0.25) is 5.91 Å². The fraction of sp³-hybridized carbons (Fsp3) is 0.562. The van der Waals surface area contributed by atoms with E-state index < -0.39 is 0 Å². The molecule has 1 fully saturated rings. The van der Waals surface area contributed by atoms with Crippen LogP contribution in [0, 0.1) is 11.8 Å². The molecule has 1 heterocycles. The van der Waals surface area contributed by atoms with Gasteiger partial charge >= 0.3 is 0 Å². The number of piperidine rings is 1. The molecular weight excluding hydrogens is 268 g/mol. The van der Waals surface area contributed by atoms with E-state index in [1.54, 1.807) is 11.8 Å². The van der Waals surface area contributed by atoms with Crippen molar-refractivity contribution in [3.63, 3.8) is 0 Å². The molecule has 1 aliphatic rings. The van der Waals surface area contributed by atoms with E-state index in [0.717, 1.165) is 23.7 Å². The summed E-state index contributed by atoms with van der Waals surface area (Å²) in [6.45, 7) is 4.38. The van der Waals surface area contributed by atoms with Gasteiger partial charge in [0.15, 0.2) is 0 Å². The molecule has 0 saturated carbocycles. The monoisotopic (exact) mass is 292 g/mol. The SMILES string of the molecule is CSc1ccccc1NC(=O)CC(C)C1CCNCC1. The lowest BCUT2D eigenvalue weighted by Crippen LogP contribution is -2.32. The molecule has 1 aromatic rings. The Bertz CT molecular complexity index is 444. The predicted molar refractivity (Wildman–Crippen MR) is 86.2 cm³/mol. The van der Waals surface area contributed by atoms with Crippen LogP contribution in [0.3, 0.4) is 0 Å². The smallest absolute Gasteiger partial charge is 0.224 e. The van der Waals surface area contributed by atoms with Crippen molar-refractivity contribution in [2.75, 3.05) is 24.7 Å². The summed E-state index contributed by atoms with van der Waals surface area (Å²) in [5, 5.41) is 6.43. The lowest BCUT2D eigenvalue weighted by molar-refractivity contribution is -0.117. The number of thioether (sulfide) groups is 1. The fourth-order valence-corrected chi connectivity index (χ4v) is 3.38. The Morgan fingerprint density at radius 3 is 2.80 bits per heavy atom. The van der Waals surface area contributed by atoms with Gasteiger partial charge in [0, 0.05) is 11.3 Å². The molecule has 0 spiro atoms. The number of rotatable bonds is 5. The minimum Gasteiger partial charge on any atom is -0.325 e. The summed E-state index contributed by atoms with van der Waals surface area (Å²) in [6, 6.07) is 7.97. The molecule has 4 heteroatoms. The van der Waals surface area contributed by atoms with Crippen LogP contribution in [0.5, 0.6) is 0 Å². The van der Waals surface area contributed by atoms with Crippen molar-refractivity contribution < 1.29 is 4.79 Å². The molecule has 0 aromatic heterocycles. The number of carbonyl (C=O) groups excluding carboxylic acids is 1. The molecule has 1 atom stereocenters. The molecule has 1 aromatic carbocycles. The molecule has 2 N–H and O–H groups in total.